The fourth-order valence-electron chi connectivity index (χ4n) is 3.51. The predicted octanol–water partition coefficient (Wildman–Crippen LogP) is 2.79. The molecule has 31 heavy (non-hydrogen) atoms. The molecule has 0 saturated carbocycles. The van der Waals surface area contributed by atoms with Crippen LogP contribution in [0.15, 0.2) is 72.8 Å². The van der Waals surface area contributed by atoms with E-state index in [-0.39, 0.29) is 12.3 Å². The van der Waals surface area contributed by atoms with Gasteiger partial charge in [-0.25, -0.2) is 4.79 Å². The average molecular weight is 418 g/mol. The van der Waals surface area contributed by atoms with Crippen molar-refractivity contribution in [2.24, 2.45) is 0 Å². The number of methoxy groups -OCH3 is 1. The third kappa shape index (κ3) is 6.15. The van der Waals surface area contributed by atoms with Crippen LogP contribution in [0, 0.1) is 0 Å². The first-order valence-electron chi connectivity index (χ1n) is 10.1. The molecule has 0 unspecified atom stereocenters. The Labute approximate surface area is 181 Å². The summed E-state index contributed by atoms with van der Waals surface area (Å²) in [7, 11) is 1.29. The van der Waals surface area contributed by atoms with Gasteiger partial charge in [0.25, 0.3) is 0 Å². The molecule has 6 heteroatoms. The molecule has 3 aromatic rings. The average Bonchev–Trinajstić information content (AvgIpc) is 2.78. The lowest BCUT2D eigenvalue weighted by Crippen LogP contribution is -2.53. The van der Waals surface area contributed by atoms with Gasteiger partial charge in [0, 0.05) is 19.8 Å². The summed E-state index contributed by atoms with van der Waals surface area (Å²) in [5, 5.41) is 7.58. The maximum atomic E-state index is 13.0. The van der Waals surface area contributed by atoms with Crippen LogP contribution < -0.4 is 10.6 Å². The lowest BCUT2D eigenvalue weighted by Gasteiger charge is -2.22. The van der Waals surface area contributed by atoms with E-state index < -0.39 is 24.0 Å². The van der Waals surface area contributed by atoms with E-state index in [2.05, 4.69) is 10.6 Å². The molecule has 2 N–H and O–H groups in total. The van der Waals surface area contributed by atoms with Crippen LogP contribution in [-0.4, -0.2) is 37.0 Å². The molecule has 2 atom stereocenters. The van der Waals surface area contributed by atoms with Crippen LogP contribution in [0.1, 0.15) is 18.1 Å². The summed E-state index contributed by atoms with van der Waals surface area (Å²) in [5.41, 5.74) is 1.80. The van der Waals surface area contributed by atoms with Crippen molar-refractivity contribution < 1.29 is 19.1 Å². The molecule has 0 saturated heterocycles. The summed E-state index contributed by atoms with van der Waals surface area (Å²) in [6.45, 7) is 1.36. The van der Waals surface area contributed by atoms with Crippen LogP contribution in [0.5, 0.6) is 0 Å². The van der Waals surface area contributed by atoms with Crippen molar-refractivity contribution in [1.82, 2.24) is 10.6 Å². The number of nitrogens with one attached hydrogen (secondary N) is 2. The molecule has 0 aliphatic carbocycles. The van der Waals surface area contributed by atoms with Crippen molar-refractivity contribution in [2.75, 3.05) is 7.11 Å². The first-order chi connectivity index (χ1) is 15.0. The molecule has 3 rings (SSSR count). The van der Waals surface area contributed by atoms with Gasteiger partial charge in [0.15, 0.2) is 0 Å². The molecule has 0 radical (unpaired) electrons. The fourth-order valence-corrected chi connectivity index (χ4v) is 3.51. The van der Waals surface area contributed by atoms with Gasteiger partial charge in [-0.3, -0.25) is 9.59 Å². The number of carbonyl (C=O) groups excluding carboxylic acids is 3. The molecule has 0 spiro atoms. The monoisotopic (exact) mass is 418 g/mol. The van der Waals surface area contributed by atoms with Crippen molar-refractivity contribution in [3.8, 4) is 0 Å². The molecule has 3 aromatic carbocycles. The highest BCUT2D eigenvalue weighted by Crippen LogP contribution is 2.17. The van der Waals surface area contributed by atoms with Gasteiger partial charge in [-0.1, -0.05) is 72.8 Å². The fraction of sp³-hybridized carbons (Fsp3) is 0.240. The molecular weight excluding hydrogens is 392 g/mol. The Morgan fingerprint density at radius 1 is 0.774 bits per heavy atom. The van der Waals surface area contributed by atoms with Crippen molar-refractivity contribution in [3.05, 3.63) is 83.9 Å². The lowest BCUT2D eigenvalue weighted by molar-refractivity contribution is -0.145. The largest absolute Gasteiger partial charge is 0.467 e. The van der Waals surface area contributed by atoms with Gasteiger partial charge in [-0.2, -0.15) is 0 Å². The Morgan fingerprint density at radius 3 is 2.10 bits per heavy atom. The van der Waals surface area contributed by atoms with E-state index in [0.717, 1.165) is 21.9 Å². The molecule has 160 valence electrons. The van der Waals surface area contributed by atoms with Gasteiger partial charge in [0.2, 0.25) is 11.8 Å². The van der Waals surface area contributed by atoms with Crippen molar-refractivity contribution >= 4 is 28.6 Å². The number of ether oxygens (including phenoxy) is 1. The number of esters is 1. The molecule has 0 fully saturated rings. The van der Waals surface area contributed by atoms with Gasteiger partial charge >= 0.3 is 5.97 Å². The Balaban J connectivity index is 1.77. The maximum absolute atomic E-state index is 13.0. The number of benzene rings is 3. The second-order valence-corrected chi connectivity index (χ2v) is 7.41. The van der Waals surface area contributed by atoms with Crippen LogP contribution in [0.2, 0.25) is 0 Å². The number of rotatable bonds is 8. The summed E-state index contributed by atoms with van der Waals surface area (Å²) in [4.78, 5) is 37.0. The lowest BCUT2D eigenvalue weighted by atomic mass is 10.0. The highest BCUT2D eigenvalue weighted by Gasteiger charge is 2.27. The maximum Gasteiger partial charge on any atom is 0.328 e. The van der Waals surface area contributed by atoms with Crippen molar-refractivity contribution in [3.63, 3.8) is 0 Å². The van der Waals surface area contributed by atoms with Crippen LogP contribution in [-0.2, 0) is 32.0 Å². The van der Waals surface area contributed by atoms with E-state index in [1.807, 2.05) is 72.8 Å². The number of fused-ring (bicyclic) bond motifs is 1. The summed E-state index contributed by atoms with van der Waals surface area (Å²) >= 11 is 0. The number of carbonyl (C=O) groups is 3. The molecule has 0 aliphatic rings. The number of hydrogen-bond donors (Lipinski definition) is 2. The summed E-state index contributed by atoms with van der Waals surface area (Å²) < 4.78 is 4.91. The SMILES string of the molecule is COC(=O)[C@@H](Cc1ccc2ccccc2c1)NC(=O)[C@@H](Cc1ccccc1)NC(C)=O. The van der Waals surface area contributed by atoms with Gasteiger partial charge in [0.1, 0.15) is 12.1 Å². The summed E-state index contributed by atoms with van der Waals surface area (Å²) in [6.07, 6.45) is 0.595. The van der Waals surface area contributed by atoms with Gasteiger partial charge in [-0.05, 0) is 21.9 Å². The van der Waals surface area contributed by atoms with Gasteiger partial charge in [0.05, 0.1) is 7.11 Å². The molecular formula is C25H26N2O4. The minimum Gasteiger partial charge on any atom is -0.467 e. The smallest absolute Gasteiger partial charge is 0.328 e. The third-order valence-corrected chi connectivity index (χ3v) is 5.03. The molecule has 6 nitrogen and oxygen atoms in total. The zero-order chi connectivity index (χ0) is 22.2. The Kier molecular flexibility index (Phi) is 7.38. The second kappa shape index (κ2) is 10.4. The quantitative estimate of drug-likeness (QED) is 0.551. The van der Waals surface area contributed by atoms with Gasteiger partial charge < -0.3 is 15.4 Å². The topological polar surface area (TPSA) is 84.5 Å². The van der Waals surface area contributed by atoms with Crippen molar-refractivity contribution in [1.29, 1.82) is 0 Å². The summed E-state index contributed by atoms with van der Waals surface area (Å²) in [5.74, 6) is -1.29. The highest BCUT2D eigenvalue weighted by molar-refractivity contribution is 5.91. The van der Waals surface area contributed by atoms with Crippen molar-refractivity contribution in [2.45, 2.75) is 31.8 Å². The highest BCUT2D eigenvalue weighted by atomic mass is 16.5. The molecule has 0 bridgehead atoms. The second-order valence-electron chi connectivity index (χ2n) is 7.41. The van der Waals surface area contributed by atoms with Crippen LogP contribution >= 0.6 is 0 Å². The first-order valence-corrected chi connectivity index (χ1v) is 10.1. The number of hydrogen-bond acceptors (Lipinski definition) is 4. The third-order valence-electron chi connectivity index (χ3n) is 5.03. The Morgan fingerprint density at radius 2 is 1.42 bits per heavy atom. The van der Waals surface area contributed by atoms with Crippen LogP contribution in [0.3, 0.4) is 0 Å². The van der Waals surface area contributed by atoms with Crippen LogP contribution in [0.25, 0.3) is 10.8 Å². The standard InChI is InChI=1S/C25H26N2O4/c1-17(28)26-22(15-18-8-4-3-5-9-18)24(29)27-23(25(30)31-2)16-19-12-13-20-10-6-7-11-21(20)14-19/h3-14,22-23H,15-16H2,1-2H3,(H,26,28)(H,27,29)/t22-,23-/m1/s1. The van der Waals surface area contributed by atoms with E-state index in [9.17, 15) is 14.4 Å². The predicted molar refractivity (Wildman–Crippen MR) is 119 cm³/mol. The zero-order valence-corrected chi connectivity index (χ0v) is 17.6. The first kappa shape index (κ1) is 22.0. The van der Waals surface area contributed by atoms with E-state index in [4.69, 9.17) is 4.74 Å². The Hall–Kier alpha value is -3.67. The van der Waals surface area contributed by atoms with Gasteiger partial charge in [-0.15, -0.1) is 0 Å². The van der Waals surface area contributed by atoms with E-state index in [1.54, 1.807) is 0 Å². The molecule has 2 amide bonds. The number of amides is 2. The van der Waals surface area contributed by atoms with E-state index >= 15 is 0 Å². The Bertz CT molecular complexity index is 1070. The molecule has 0 heterocycles. The van der Waals surface area contributed by atoms with E-state index in [1.165, 1.54) is 14.0 Å². The molecule has 0 aromatic heterocycles. The zero-order valence-electron chi connectivity index (χ0n) is 17.6. The summed E-state index contributed by atoms with van der Waals surface area (Å²) in [6, 6.07) is 21.6. The van der Waals surface area contributed by atoms with E-state index in [0.29, 0.717) is 6.42 Å². The molecule has 0 aliphatic heterocycles. The minimum atomic E-state index is -0.870. The normalized spacial score (nSPS) is 12.6. The van der Waals surface area contributed by atoms with Crippen LogP contribution in [0.4, 0.5) is 0 Å². The minimum absolute atomic E-state index is 0.279.